The van der Waals surface area contributed by atoms with E-state index in [0.29, 0.717) is 6.07 Å². The number of nitrogens with one attached hydrogen (secondary N) is 1. The van der Waals surface area contributed by atoms with Crippen LogP contribution in [0.3, 0.4) is 0 Å². The summed E-state index contributed by atoms with van der Waals surface area (Å²) in [6.45, 7) is 2.83. The Hall–Kier alpha value is -1.83. The number of pyridine rings is 1. The van der Waals surface area contributed by atoms with Crippen molar-refractivity contribution in [2.24, 2.45) is 5.73 Å². The van der Waals surface area contributed by atoms with Crippen molar-refractivity contribution >= 4 is 11.7 Å². The Kier molecular flexibility index (Phi) is 4.04. The van der Waals surface area contributed by atoms with E-state index in [0.717, 1.165) is 6.07 Å². The molecule has 8 heteroatoms. The lowest BCUT2D eigenvalue weighted by molar-refractivity contribution is -0.141. The molecule has 1 rings (SSSR count). The number of hydrogen-bond donors (Lipinski definition) is 3. The standard InChI is InChI=1S/C11H14F3N3O2/c1-10(2,19)5-16-9-6(8(15)18)3-4-7(17-9)11(12,13)14/h3-4,19H,5H2,1-2H3,(H2,15,18)(H,16,17). The van der Waals surface area contributed by atoms with Crippen LogP contribution in [0.1, 0.15) is 29.9 Å². The Morgan fingerprint density at radius 1 is 1.42 bits per heavy atom. The molecule has 1 aromatic heterocycles. The number of carbonyl (C=O) groups excluding carboxylic acids is 1. The molecule has 0 saturated carbocycles. The first-order valence-corrected chi connectivity index (χ1v) is 5.35. The number of carbonyl (C=O) groups is 1. The molecule has 19 heavy (non-hydrogen) atoms. The number of nitrogens with zero attached hydrogens (tertiary/aromatic N) is 1. The smallest absolute Gasteiger partial charge is 0.389 e. The van der Waals surface area contributed by atoms with E-state index in [2.05, 4.69) is 10.3 Å². The second-order valence-electron chi connectivity index (χ2n) is 4.62. The normalized spacial score (nSPS) is 12.3. The molecule has 5 nitrogen and oxygen atoms in total. The second kappa shape index (κ2) is 5.04. The van der Waals surface area contributed by atoms with Gasteiger partial charge in [0.1, 0.15) is 11.5 Å². The highest BCUT2D eigenvalue weighted by Gasteiger charge is 2.33. The van der Waals surface area contributed by atoms with Crippen molar-refractivity contribution in [1.82, 2.24) is 4.98 Å². The zero-order valence-electron chi connectivity index (χ0n) is 10.4. The van der Waals surface area contributed by atoms with Crippen molar-refractivity contribution in [3.05, 3.63) is 23.4 Å². The van der Waals surface area contributed by atoms with E-state index in [1.54, 1.807) is 0 Å². The van der Waals surface area contributed by atoms with Gasteiger partial charge in [-0.1, -0.05) is 0 Å². The van der Waals surface area contributed by atoms with Crippen molar-refractivity contribution < 1.29 is 23.1 Å². The number of alkyl halides is 3. The largest absolute Gasteiger partial charge is 0.433 e. The number of primary amides is 1. The summed E-state index contributed by atoms with van der Waals surface area (Å²) in [5.41, 5.74) is 2.56. The zero-order valence-corrected chi connectivity index (χ0v) is 10.4. The molecular formula is C11H14F3N3O2. The van der Waals surface area contributed by atoms with Gasteiger partial charge < -0.3 is 16.2 Å². The third-order valence-corrected chi connectivity index (χ3v) is 2.14. The summed E-state index contributed by atoms with van der Waals surface area (Å²) in [5, 5.41) is 12.0. The summed E-state index contributed by atoms with van der Waals surface area (Å²) in [6.07, 6.45) is -4.62. The molecule has 106 valence electrons. The molecule has 1 aromatic rings. The number of hydrogen-bond acceptors (Lipinski definition) is 4. The molecule has 0 saturated heterocycles. The number of aromatic nitrogens is 1. The van der Waals surface area contributed by atoms with Gasteiger partial charge in [-0.05, 0) is 26.0 Å². The van der Waals surface area contributed by atoms with Gasteiger partial charge in [0.25, 0.3) is 5.91 Å². The lowest BCUT2D eigenvalue weighted by atomic mass is 10.1. The van der Waals surface area contributed by atoms with Gasteiger partial charge >= 0.3 is 6.18 Å². The van der Waals surface area contributed by atoms with E-state index in [-0.39, 0.29) is 17.9 Å². The zero-order chi connectivity index (χ0) is 14.8. The van der Waals surface area contributed by atoms with Crippen molar-refractivity contribution in [2.45, 2.75) is 25.6 Å². The number of anilines is 1. The fraction of sp³-hybridized carbons (Fsp3) is 0.455. The predicted molar refractivity (Wildman–Crippen MR) is 62.5 cm³/mol. The SMILES string of the molecule is CC(C)(O)CNc1nc(C(F)(F)F)ccc1C(N)=O. The maximum atomic E-state index is 12.5. The highest BCUT2D eigenvalue weighted by atomic mass is 19.4. The van der Waals surface area contributed by atoms with Crippen LogP contribution in [-0.4, -0.2) is 28.1 Å². The third-order valence-electron chi connectivity index (χ3n) is 2.14. The summed E-state index contributed by atoms with van der Waals surface area (Å²) in [6, 6.07) is 1.63. The van der Waals surface area contributed by atoms with Crippen LogP contribution < -0.4 is 11.1 Å². The Morgan fingerprint density at radius 3 is 2.42 bits per heavy atom. The van der Waals surface area contributed by atoms with Crippen LogP contribution in [0.5, 0.6) is 0 Å². The van der Waals surface area contributed by atoms with E-state index in [1.807, 2.05) is 0 Å². The lowest BCUT2D eigenvalue weighted by Crippen LogP contribution is -2.31. The third kappa shape index (κ3) is 4.40. The maximum Gasteiger partial charge on any atom is 0.433 e. The molecule has 0 fully saturated rings. The minimum Gasteiger partial charge on any atom is -0.389 e. The van der Waals surface area contributed by atoms with Crippen LogP contribution >= 0.6 is 0 Å². The molecule has 0 bridgehead atoms. The second-order valence-corrected chi connectivity index (χ2v) is 4.62. The van der Waals surface area contributed by atoms with E-state index < -0.39 is 23.4 Å². The fourth-order valence-corrected chi connectivity index (χ4v) is 1.25. The Morgan fingerprint density at radius 2 is 2.00 bits per heavy atom. The number of amides is 1. The Labute approximate surface area is 107 Å². The molecular weight excluding hydrogens is 263 g/mol. The fourth-order valence-electron chi connectivity index (χ4n) is 1.25. The summed E-state index contributed by atoms with van der Waals surface area (Å²) < 4.78 is 37.6. The van der Waals surface area contributed by atoms with E-state index >= 15 is 0 Å². The van der Waals surface area contributed by atoms with Crippen molar-refractivity contribution in [3.8, 4) is 0 Å². The predicted octanol–water partition coefficient (Wildman–Crippen LogP) is 1.38. The van der Waals surface area contributed by atoms with Crippen LogP contribution in [0, 0.1) is 0 Å². The molecule has 0 aromatic carbocycles. The molecule has 0 spiro atoms. The van der Waals surface area contributed by atoms with Crippen LogP contribution in [0.25, 0.3) is 0 Å². The van der Waals surface area contributed by atoms with Crippen LogP contribution in [0.15, 0.2) is 12.1 Å². The molecule has 4 N–H and O–H groups in total. The monoisotopic (exact) mass is 277 g/mol. The summed E-state index contributed by atoms with van der Waals surface area (Å²) in [4.78, 5) is 14.4. The Bertz CT molecular complexity index is 481. The van der Waals surface area contributed by atoms with Gasteiger partial charge in [0.05, 0.1) is 11.2 Å². The minimum atomic E-state index is -4.62. The molecule has 0 aliphatic heterocycles. The molecule has 0 atom stereocenters. The van der Waals surface area contributed by atoms with Gasteiger partial charge in [-0.2, -0.15) is 13.2 Å². The van der Waals surface area contributed by atoms with Crippen LogP contribution in [-0.2, 0) is 6.18 Å². The highest BCUT2D eigenvalue weighted by Crippen LogP contribution is 2.29. The van der Waals surface area contributed by atoms with E-state index in [9.17, 15) is 23.1 Å². The maximum absolute atomic E-state index is 12.5. The van der Waals surface area contributed by atoms with Gasteiger partial charge in [0.15, 0.2) is 0 Å². The highest BCUT2D eigenvalue weighted by molar-refractivity contribution is 5.97. The van der Waals surface area contributed by atoms with Crippen LogP contribution in [0.2, 0.25) is 0 Å². The van der Waals surface area contributed by atoms with Gasteiger partial charge in [0.2, 0.25) is 0 Å². The van der Waals surface area contributed by atoms with E-state index in [1.165, 1.54) is 13.8 Å². The molecule has 1 amide bonds. The first-order valence-electron chi connectivity index (χ1n) is 5.35. The van der Waals surface area contributed by atoms with Gasteiger partial charge in [-0.3, -0.25) is 4.79 Å². The molecule has 0 aliphatic rings. The van der Waals surface area contributed by atoms with Crippen molar-refractivity contribution in [3.63, 3.8) is 0 Å². The number of halogens is 3. The number of aliphatic hydroxyl groups is 1. The number of nitrogens with two attached hydrogens (primary N) is 1. The Balaban J connectivity index is 3.13. The first kappa shape index (κ1) is 15.2. The minimum absolute atomic E-state index is 0.0818. The van der Waals surface area contributed by atoms with Crippen molar-refractivity contribution in [1.29, 1.82) is 0 Å². The average Bonchev–Trinajstić information content (AvgIpc) is 2.23. The molecule has 0 radical (unpaired) electrons. The molecule has 0 unspecified atom stereocenters. The average molecular weight is 277 g/mol. The molecule has 0 aliphatic carbocycles. The van der Waals surface area contributed by atoms with Gasteiger partial charge in [-0.15, -0.1) is 0 Å². The topological polar surface area (TPSA) is 88.2 Å². The quantitative estimate of drug-likeness (QED) is 0.775. The number of rotatable bonds is 4. The van der Waals surface area contributed by atoms with Gasteiger partial charge in [-0.25, -0.2) is 4.98 Å². The van der Waals surface area contributed by atoms with Crippen LogP contribution in [0.4, 0.5) is 19.0 Å². The summed E-state index contributed by atoms with van der Waals surface area (Å²) >= 11 is 0. The first-order chi connectivity index (χ1) is 8.50. The van der Waals surface area contributed by atoms with E-state index in [4.69, 9.17) is 5.73 Å². The van der Waals surface area contributed by atoms with Crippen molar-refractivity contribution in [2.75, 3.05) is 11.9 Å². The summed E-state index contributed by atoms with van der Waals surface area (Å²) in [5.74, 6) is -1.20. The lowest BCUT2D eigenvalue weighted by Gasteiger charge is -2.19. The molecule has 1 heterocycles. The van der Waals surface area contributed by atoms with Gasteiger partial charge in [0, 0.05) is 6.54 Å². The summed E-state index contributed by atoms with van der Waals surface area (Å²) in [7, 11) is 0.